The van der Waals surface area contributed by atoms with Gasteiger partial charge in [0.15, 0.2) is 0 Å². The molecule has 0 bridgehead atoms. The first-order valence-corrected chi connectivity index (χ1v) is 5.20. The highest BCUT2D eigenvalue weighted by atomic mass is 79.9. The highest BCUT2D eigenvalue weighted by Crippen LogP contribution is 2.17. The number of hydrogen-bond donors (Lipinski definition) is 0. The van der Waals surface area contributed by atoms with Crippen LogP contribution in [0.4, 0.5) is 5.95 Å². The Morgan fingerprint density at radius 1 is 1.54 bits per heavy atom. The smallest absolute Gasteiger partial charge is 0.206 e. The highest BCUT2D eigenvalue weighted by Gasteiger charge is 2.08. The first-order chi connectivity index (χ1) is 6.00. The van der Waals surface area contributed by atoms with Crippen molar-refractivity contribution in [3.8, 4) is 0 Å². The zero-order chi connectivity index (χ0) is 10.0. The van der Waals surface area contributed by atoms with Crippen molar-refractivity contribution in [1.29, 1.82) is 0 Å². The van der Waals surface area contributed by atoms with Crippen molar-refractivity contribution in [2.45, 2.75) is 20.4 Å². The van der Waals surface area contributed by atoms with E-state index in [4.69, 9.17) is 0 Å². The van der Waals surface area contributed by atoms with Gasteiger partial charge in [0.05, 0.1) is 0 Å². The molecule has 0 fully saturated rings. The van der Waals surface area contributed by atoms with Gasteiger partial charge in [-0.1, -0.05) is 13.8 Å². The second-order valence-corrected chi connectivity index (χ2v) is 4.62. The molecule has 13 heavy (non-hydrogen) atoms. The molecule has 0 aliphatic heterocycles. The number of hydrogen-bond acceptors (Lipinski definition) is 2. The number of aromatic nitrogens is 2. The summed E-state index contributed by atoms with van der Waals surface area (Å²) >= 11 is 3.38. The van der Waals surface area contributed by atoms with Crippen LogP contribution in [0, 0.1) is 5.92 Å². The summed E-state index contributed by atoms with van der Waals surface area (Å²) in [7, 11) is 4.01. The van der Waals surface area contributed by atoms with Gasteiger partial charge in [0.2, 0.25) is 5.95 Å². The molecule has 0 aliphatic carbocycles. The molecule has 0 aliphatic rings. The molecule has 0 radical (unpaired) electrons. The van der Waals surface area contributed by atoms with Crippen molar-refractivity contribution < 1.29 is 0 Å². The van der Waals surface area contributed by atoms with Crippen molar-refractivity contribution in [2.75, 3.05) is 19.0 Å². The van der Waals surface area contributed by atoms with Gasteiger partial charge in [-0.15, -0.1) is 0 Å². The molecule has 4 heteroatoms. The van der Waals surface area contributed by atoms with E-state index in [-0.39, 0.29) is 0 Å². The number of halogens is 1. The van der Waals surface area contributed by atoms with Crippen molar-refractivity contribution in [1.82, 2.24) is 9.55 Å². The predicted octanol–water partition coefficient (Wildman–Crippen LogP) is 2.37. The minimum absolute atomic E-state index is 0.639. The maximum Gasteiger partial charge on any atom is 0.206 e. The van der Waals surface area contributed by atoms with Gasteiger partial charge >= 0.3 is 0 Å². The Kier molecular flexibility index (Phi) is 3.36. The molecule has 0 N–H and O–H groups in total. The van der Waals surface area contributed by atoms with Crippen LogP contribution in [-0.2, 0) is 6.54 Å². The summed E-state index contributed by atoms with van der Waals surface area (Å²) in [6, 6.07) is 0. The van der Waals surface area contributed by atoms with Crippen LogP contribution >= 0.6 is 15.9 Å². The summed E-state index contributed by atoms with van der Waals surface area (Å²) in [6.45, 7) is 5.41. The third-order valence-corrected chi connectivity index (χ3v) is 2.07. The summed E-state index contributed by atoms with van der Waals surface area (Å²) in [5.74, 6) is 1.64. The van der Waals surface area contributed by atoms with Crippen LogP contribution in [0.2, 0.25) is 0 Å². The fourth-order valence-electron chi connectivity index (χ4n) is 1.26. The highest BCUT2D eigenvalue weighted by molar-refractivity contribution is 9.10. The Morgan fingerprint density at radius 3 is 2.62 bits per heavy atom. The van der Waals surface area contributed by atoms with E-state index in [1.54, 1.807) is 0 Å². The van der Waals surface area contributed by atoms with E-state index in [1.807, 2.05) is 25.2 Å². The molecule has 1 heterocycles. The standard InChI is InChI=1S/C9H16BrN3/c1-7(2)5-13-6-8(10)11-9(13)12(3)4/h6-7H,5H2,1-4H3. The molecule has 74 valence electrons. The van der Waals surface area contributed by atoms with Crippen LogP contribution < -0.4 is 4.90 Å². The SMILES string of the molecule is CC(C)Cn1cc(Br)nc1N(C)C. The minimum Gasteiger partial charge on any atom is -0.348 e. The molecule has 0 amide bonds. The molecule has 0 atom stereocenters. The fourth-order valence-corrected chi connectivity index (χ4v) is 1.67. The van der Waals surface area contributed by atoms with Crippen LogP contribution in [0.3, 0.4) is 0 Å². The Hall–Kier alpha value is -0.510. The van der Waals surface area contributed by atoms with Crippen molar-refractivity contribution in [3.05, 3.63) is 10.8 Å². The molecule has 0 spiro atoms. The summed E-state index contributed by atoms with van der Waals surface area (Å²) in [5, 5.41) is 0. The number of rotatable bonds is 3. The Morgan fingerprint density at radius 2 is 2.15 bits per heavy atom. The van der Waals surface area contributed by atoms with Gasteiger partial charge in [-0.25, -0.2) is 4.98 Å². The first-order valence-electron chi connectivity index (χ1n) is 4.40. The lowest BCUT2D eigenvalue weighted by atomic mass is 10.2. The summed E-state index contributed by atoms with van der Waals surface area (Å²) in [6.07, 6.45) is 2.02. The molecule has 0 saturated heterocycles. The minimum atomic E-state index is 0.639. The third-order valence-electron chi connectivity index (χ3n) is 1.69. The Labute approximate surface area is 87.9 Å². The maximum atomic E-state index is 4.37. The second-order valence-electron chi connectivity index (χ2n) is 3.80. The lowest BCUT2D eigenvalue weighted by Gasteiger charge is -2.15. The monoisotopic (exact) mass is 245 g/mol. The van der Waals surface area contributed by atoms with Crippen molar-refractivity contribution in [2.24, 2.45) is 5.92 Å². The average Bonchev–Trinajstić information content (AvgIpc) is 2.29. The molecule has 1 rings (SSSR count). The van der Waals surface area contributed by atoms with Gasteiger partial charge in [0.1, 0.15) is 4.60 Å². The van der Waals surface area contributed by atoms with Crippen molar-refractivity contribution >= 4 is 21.9 Å². The molecular formula is C9H16BrN3. The van der Waals surface area contributed by atoms with Gasteiger partial charge in [0.25, 0.3) is 0 Å². The zero-order valence-electron chi connectivity index (χ0n) is 8.58. The Balaban J connectivity index is 2.91. The van der Waals surface area contributed by atoms with Crippen LogP contribution in [-0.4, -0.2) is 23.6 Å². The van der Waals surface area contributed by atoms with E-state index >= 15 is 0 Å². The van der Waals surface area contributed by atoms with Crippen LogP contribution in [0.1, 0.15) is 13.8 Å². The lowest BCUT2D eigenvalue weighted by molar-refractivity contribution is 0.523. The fraction of sp³-hybridized carbons (Fsp3) is 0.667. The maximum absolute atomic E-state index is 4.37. The molecule has 1 aromatic rings. The summed E-state index contributed by atoms with van der Waals surface area (Å²) in [4.78, 5) is 6.39. The first kappa shape index (κ1) is 10.6. The topological polar surface area (TPSA) is 21.1 Å². The van der Waals surface area contributed by atoms with Crippen molar-refractivity contribution in [3.63, 3.8) is 0 Å². The average molecular weight is 246 g/mol. The summed E-state index contributed by atoms with van der Waals surface area (Å²) < 4.78 is 3.06. The quantitative estimate of drug-likeness (QED) is 0.816. The summed E-state index contributed by atoms with van der Waals surface area (Å²) in [5.41, 5.74) is 0. The largest absolute Gasteiger partial charge is 0.348 e. The van der Waals surface area contributed by atoms with Gasteiger partial charge in [0, 0.05) is 26.8 Å². The normalized spacial score (nSPS) is 10.9. The Bertz CT molecular complexity index is 278. The lowest BCUT2D eigenvalue weighted by Crippen LogP contribution is -2.16. The van der Waals surface area contributed by atoms with E-state index in [1.165, 1.54) is 0 Å². The molecule has 0 saturated carbocycles. The molecule has 0 aromatic carbocycles. The van der Waals surface area contributed by atoms with Crippen LogP contribution in [0.15, 0.2) is 10.8 Å². The zero-order valence-corrected chi connectivity index (χ0v) is 10.2. The molecule has 0 unspecified atom stereocenters. The van der Waals surface area contributed by atoms with Crippen LogP contribution in [0.5, 0.6) is 0 Å². The van der Waals surface area contributed by atoms with Crippen LogP contribution in [0.25, 0.3) is 0 Å². The van der Waals surface area contributed by atoms with E-state index in [0.717, 1.165) is 17.1 Å². The second kappa shape index (κ2) is 4.13. The van der Waals surface area contributed by atoms with Gasteiger partial charge in [-0.3, -0.25) is 0 Å². The number of imidazole rings is 1. The van der Waals surface area contributed by atoms with E-state index in [0.29, 0.717) is 5.92 Å². The molecule has 1 aromatic heterocycles. The van der Waals surface area contributed by atoms with E-state index in [2.05, 4.69) is 39.3 Å². The third kappa shape index (κ3) is 2.72. The van der Waals surface area contributed by atoms with E-state index < -0.39 is 0 Å². The molecule has 3 nitrogen and oxygen atoms in total. The van der Waals surface area contributed by atoms with Gasteiger partial charge in [-0.2, -0.15) is 0 Å². The predicted molar refractivity (Wildman–Crippen MR) is 59.1 cm³/mol. The molecular weight excluding hydrogens is 230 g/mol. The number of nitrogens with zero attached hydrogens (tertiary/aromatic N) is 3. The van der Waals surface area contributed by atoms with E-state index in [9.17, 15) is 0 Å². The number of anilines is 1. The van der Waals surface area contributed by atoms with Gasteiger partial charge in [-0.05, 0) is 21.8 Å². The van der Waals surface area contributed by atoms with Gasteiger partial charge < -0.3 is 9.47 Å².